The van der Waals surface area contributed by atoms with Crippen molar-refractivity contribution in [2.45, 2.75) is 19.8 Å². The first-order valence-corrected chi connectivity index (χ1v) is 11.7. The van der Waals surface area contributed by atoms with Crippen molar-refractivity contribution in [2.24, 2.45) is 5.92 Å². The minimum atomic E-state index is 0.459. The van der Waals surface area contributed by atoms with E-state index in [0.29, 0.717) is 34.9 Å². The zero-order chi connectivity index (χ0) is 23.7. The maximum atomic E-state index is 7.28. The molecule has 1 aromatic carbocycles. The van der Waals surface area contributed by atoms with E-state index in [1.165, 1.54) is 6.42 Å². The van der Waals surface area contributed by atoms with Gasteiger partial charge in [-0.15, -0.1) is 0 Å². The highest BCUT2D eigenvalue weighted by Gasteiger charge is 2.22. The van der Waals surface area contributed by atoms with Gasteiger partial charge in [0.15, 0.2) is 11.3 Å². The molecule has 0 spiro atoms. The van der Waals surface area contributed by atoms with E-state index in [1.54, 1.807) is 24.5 Å². The van der Waals surface area contributed by atoms with Crippen molar-refractivity contribution < 1.29 is 4.74 Å². The van der Waals surface area contributed by atoms with Gasteiger partial charge in [0.05, 0.1) is 35.2 Å². The van der Waals surface area contributed by atoms with Crippen molar-refractivity contribution in [2.75, 3.05) is 26.7 Å². The molecule has 0 radical (unpaired) electrons. The Hall–Kier alpha value is -3.47. The first-order valence-electron chi connectivity index (χ1n) is 11.3. The summed E-state index contributed by atoms with van der Waals surface area (Å²) in [5.41, 5.74) is 5.28. The third-order valence-electron chi connectivity index (χ3n) is 6.27. The van der Waals surface area contributed by atoms with Gasteiger partial charge in [-0.2, -0.15) is 4.98 Å². The van der Waals surface area contributed by atoms with Gasteiger partial charge >= 0.3 is 6.01 Å². The Morgan fingerprint density at radius 2 is 2.03 bits per heavy atom. The van der Waals surface area contributed by atoms with E-state index in [0.717, 1.165) is 47.5 Å². The molecule has 8 heteroatoms. The monoisotopic (exact) mass is 472 g/mol. The molecule has 1 aliphatic heterocycles. The van der Waals surface area contributed by atoms with E-state index in [2.05, 4.69) is 26.8 Å². The SMILES string of the molecule is [C-]#[N+]c1ccc(-c2nc(OC[C@@H]3CCCN(C)C3)n3ccnc3c2-c2cnc(C)c(Cl)c2)cc1. The number of pyridine rings is 1. The van der Waals surface area contributed by atoms with E-state index in [4.69, 9.17) is 27.9 Å². The number of aromatic nitrogens is 4. The number of ether oxygens (including phenoxy) is 1. The number of likely N-dealkylation sites (tertiary alicyclic amines) is 1. The van der Waals surface area contributed by atoms with E-state index >= 15 is 0 Å². The lowest BCUT2D eigenvalue weighted by Crippen LogP contribution is -2.35. The molecular formula is C26H25ClN6O. The predicted octanol–water partition coefficient (Wildman–Crippen LogP) is 5.69. The number of hydrogen-bond donors (Lipinski definition) is 0. The van der Waals surface area contributed by atoms with Crippen molar-refractivity contribution in [1.29, 1.82) is 0 Å². The van der Waals surface area contributed by atoms with Crippen LogP contribution in [-0.2, 0) is 0 Å². The van der Waals surface area contributed by atoms with Crippen molar-refractivity contribution >= 4 is 22.9 Å². The summed E-state index contributed by atoms with van der Waals surface area (Å²) in [7, 11) is 2.15. The Morgan fingerprint density at radius 1 is 1.21 bits per heavy atom. The van der Waals surface area contributed by atoms with Gasteiger partial charge in [-0.25, -0.2) is 9.83 Å². The van der Waals surface area contributed by atoms with Gasteiger partial charge in [-0.1, -0.05) is 35.9 Å². The van der Waals surface area contributed by atoms with E-state index in [-0.39, 0.29) is 0 Å². The van der Waals surface area contributed by atoms with Gasteiger partial charge in [0.25, 0.3) is 0 Å². The quantitative estimate of drug-likeness (QED) is 0.349. The fraction of sp³-hybridized carbons (Fsp3) is 0.308. The van der Waals surface area contributed by atoms with Crippen molar-refractivity contribution in [3.8, 4) is 28.4 Å². The maximum absolute atomic E-state index is 7.28. The Bertz CT molecular complexity index is 1370. The Morgan fingerprint density at radius 3 is 2.76 bits per heavy atom. The van der Waals surface area contributed by atoms with Gasteiger partial charge < -0.3 is 9.64 Å². The first-order chi connectivity index (χ1) is 16.5. The molecule has 4 aromatic rings. The average Bonchev–Trinajstić information content (AvgIpc) is 3.34. The molecule has 34 heavy (non-hydrogen) atoms. The highest BCUT2D eigenvalue weighted by atomic mass is 35.5. The number of rotatable bonds is 5. The van der Waals surface area contributed by atoms with Crippen LogP contribution in [0.4, 0.5) is 5.69 Å². The summed E-state index contributed by atoms with van der Waals surface area (Å²) < 4.78 is 8.18. The van der Waals surface area contributed by atoms with Crippen molar-refractivity contribution in [1.82, 2.24) is 24.3 Å². The molecule has 4 heterocycles. The summed E-state index contributed by atoms with van der Waals surface area (Å²) in [6.07, 6.45) is 7.73. The molecule has 0 unspecified atom stereocenters. The molecule has 1 fully saturated rings. The summed E-state index contributed by atoms with van der Waals surface area (Å²) in [6.45, 7) is 11.9. The van der Waals surface area contributed by atoms with Gasteiger partial charge in [-0.3, -0.25) is 9.38 Å². The molecule has 1 aliphatic rings. The molecule has 7 nitrogen and oxygen atoms in total. The van der Waals surface area contributed by atoms with Crippen LogP contribution in [0.5, 0.6) is 6.01 Å². The second-order valence-corrected chi connectivity index (χ2v) is 9.18. The number of piperidine rings is 1. The van der Waals surface area contributed by atoms with Gasteiger partial charge in [0, 0.05) is 36.6 Å². The molecule has 0 bridgehead atoms. The first kappa shape index (κ1) is 22.3. The number of nitrogens with zero attached hydrogens (tertiary/aromatic N) is 6. The van der Waals surface area contributed by atoms with Gasteiger partial charge in [-0.05, 0) is 45.0 Å². The van der Waals surface area contributed by atoms with Crippen LogP contribution in [0.15, 0.2) is 48.9 Å². The summed E-state index contributed by atoms with van der Waals surface area (Å²) in [5.74, 6) is 0.459. The van der Waals surface area contributed by atoms with Crippen LogP contribution in [0.2, 0.25) is 5.02 Å². The molecule has 3 aromatic heterocycles. The highest BCUT2D eigenvalue weighted by Crippen LogP contribution is 2.37. The van der Waals surface area contributed by atoms with Crippen LogP contribution >= 0.6 is 11.6 Å². The standard InChI is InChI=1S/C26H25ClN6O/c1-17-22(27)13-20(14-30-17)23-24(19-6-8-21(28-2)9-7-19)31-26(33-12-10-29-25(23)33)34-16-18-5-4-11-32(3)15-18/h6-10,12-14,18H,4-5,11,15-16H2,1,3H3/t18-/m1/s1. The molecule has 0 saturated carbocycles. The zero-order valence-corrected chi connectivity index (χ0v) is 20.0. The number of fused-ring (bicyclic) bond motifs is 1. The van der Waals surface area contributed by atoms with Crippen molar-refractivity contribution in [3.05, 3.63) is 71.1 Å². The number of halogens is 1. The third kappa shape index (κ3) is 4.35. The topological polar surface area (TPSA) is 59.9 Å². The van der Waals surface area contributed by atoms with Crippen LogP contribution in [0.25, 0.3) is 32.9 Å². The Kier molecular flexibility index (Phi) is 6.18. The van der Waals surface area contributed by atoms with Crippen LogP contribution in [0, 0.1) is 19.4 Å². The molecule has 0 N–H and O–H groups in total. The molecule has 172 valence electrons. The minimum absolute atomic E-state index is 0.459. The van der Waals surface area contributed by atoms with E-state index < -0.39 is 0 Å². The van der Waals surface area contributed by atoms with Crippen LogP contribution in [0.1, 0.15) is 18.5 Å². The second-order valence-electron chi connectivity index (χ2n) is 8.77. The van der Waals surface area contributed by atoms with E-state index in [9.17, 15) is 0 Å². The lowest BCUT2D eigenvalue weighted by molar-refractivity contribution is 0.143. The van der Waals surface area contributed by atoms with E-state index in [1.807, 2.05) is 35.7 Å². The molecule has 0 amide bonds. The van der Waals surface area contributed by atoms with Crippen molar-refractivity contribution in [3.63, 3.8) is 0 Å². The molecule has 0 aliphatic carbocycles. The minimum Gasteiger partial charge on any atom is -0.464 e. The summed E-state index contributed by atoms with van der Waals surface area (Å²) in [4.78, 5) is 19.9. The highest BCUT2D eigenvalue weighted by molar-refractivity contribution is 6.31. The lowest BCUT2D eigenvalue weighted by Gasteiger charge is -2.29. The number of aryl methyl sites for hydroxylation is 1. The normalized spacial score (nSPS) is 16.5. The number of benzene rings is 1. The van der Waals surface area contributed by atoms with Crippen LogP contribution < -0.4 is 4.74 Å². The second kappa shape index (κ2) is 9.41. The maximum Gasteiger partial charge on any atom is 0.302 e. The number of hydrogen-bond acceptors (Lipinski definition) is 5. The molecule has 1 saturated heterocycles. The average molecular weight is 473 g/mol. The Labute approximate surface area is 203 Å². The van der Waals surface area contributed by atoms with Gasteiger partial charge in [0.2, 0.25) is 0 Å². The summed E-state index contributed by atoms with van der Waals surface area (Å²) in [5, 5.41) is 0.582. The third-order valence-corrected chi connectivity index (χ3v) is 6.65. The lowest BCUT2D eigenvalue weighted by atomic mass is 9.99. The largest absolute Gasteiger partial charge is 0.464 e. The van der Waals surface area contributed by atoms with Crippen LogP contribution in [0.3, 0.4) is 0 Å². The summed E-state index contributed by atoms with van der Waals surface area (Å²) in [6, 6.07) is 9.79. The Balaban J connectivity index is 1.63. The molecular weight excluding hydrogens is 448 g/mol. The smallest absolute Gasteiger partial charge is 0.302 e. The summed E-state index contributed by atoms with van der Waals surface area (Å²) >= 11 is 6.43. The van der Waals surface area contributed by atoms with Gasteiger partial charge in [0.1, 0.15) is 0 Å². The van der Waals surface area contributed by atoms with Crippen LogP contribution in [-0.4, -0.2) is 51.0 Å². The molecule has 1 atom stereocenters. The predicted molar refractivity (Wildman–Crippen MR) is 133 cm³/mol. The fourth-order valence-corrected chi connectivity index (χ4v) is 4.64. The molecule has 5 rings (SSSR count). The number of imidazole rings is 1. The zero-order valence-electron chi connectivity index (χ0n) is 19.2. The fourth-order valence-electron chi connectivity index (χ4n) is 4.47.